The number of carbonyl (C=O) groups excluding carboxylic acids is 3. The molecule has 3 rings (SSSR count). The lowest BCUT2D eigenvalue weighted by atomic mass is 10.0. The van der Waals surface area contributed by atoms with Gasteiger partial charge in [-0.2, -0.15) is 4.31 Å². The monoisotopic (exact) mass is 693 g/mol. The minimum atomic E-state index is -4.22. The average Bonchev–Trinajstić information content (AvgIpc) is 3.02. The first kappa shape index (κ1) is 40.5. The standard InChI is InChI=1S/C24H30FN3O8S.C4H7ClO3.CH4/c1-4-20-22(23(29)34-5-2)28(13-12-27(20)24(30)35-15-14-33-3)37(31,32)19-10-11-21(26-16-19)36-18-8-6-17(25)7-9-18;1-7-2-3-8-4(5)6;/h6-11,16,20,22H,4-5,12-15H2,1-3H3;2-3H2,1H3;1H4/t20-,22-;;/m0../s1. The summed E-state index contributed by atoms with van der Waals surface area (Å²) < 4.78 is 71.0. The topological polar surface area (TPSA) is 160 Å². The zero-order valence-electron chi connectivity index (χ0n) is 25.3. The van der Waals surface area contributed by atoms with Crippen molar-refractivity contribution in [2.45, 2.75) is 44.7 Å². The summed E-state index contributed by atoms with van der Waals surface area (Å²) in [6.07, 6.45) is 0.722. The van der Waals surface area contributed by atoms with Crippen LogP contribution in [0.5, 0.6) is 11.6 Å². The molecule has 258 valence electrons. The molecular weight excluding hydrogens is 653 g/mol. The molecule has 1 aromatic carbocycles. The highest BCUT2D eigenvalue weighted by atomic mass is 35.5. The van der Waals surface area contributed by atoms with E-state index < -0.39 is 45.4 Å². The number of ether oxygens (including phenoxy) is 6. The number of hydrogen-bond acceptors (Lipinski definition) is 12. The van der Waals surface area contributed by atoms with E-state index in [-0.39, 0.29) is 64.1 Å². The van der Waals surface area contributed by atoms with E-state index in [9.17, 15) is 27.2 Å². The van der Waals surface area contributed by atoms with Gasteiger partial charge in [-0.05, 0) is 43.7 Å². The van der Waals surface area contributed by atoms with Crippen LogP contribution in [0.4, 0.5) is 14.0 Å². The van der Waals surface area contributed by atoms with Gasteiger partial charge in [-0.1, -0.05) is 14.4 Å². The number of amides is 1. The second kappa shape index (κ2) is 20.5. The fraction of sp³-hybridized carbons (Fsp3) is 0.517. The largest absolute Gasteiger partial charge is 0.465 e. The minimum Gasteiger partial charge on any atom is -0.465 e. The van der Waals surface area contributed by atoms with Crippen molar-refractivity contribution in [3.05, 3.63) is 48.4 Å². The van der Waals surface area contributed by atoms with Crippen LogP contribution in [0.25, 0.3) is 0 Å². The van der Waals surface area contributed by atoms with Crippen LogP contribution < -0.4 is 4.74 Å². The molecule has 1 aliphatic rings. The summed E-state index contributed by atoms with van der Waals surface area (Å²) >= 11 is 4.80. The number of rotatable bonds is 13. The van der Waals surface area contributed by atoms with Crippen molar-refractivity contribution in [1.29, 1.82) is 0 Å². The second-order valence-corrected chi connectivity index (χ2v) is 11.3. The van der Waals surface area contributed by atoms with Crippen LogP contribution in [0.3, 0.4) is 0 Å². The zero-order valence-corrected chi connectivity index (χ0v) is 26.9. The van der Waals surface area contributed by atoms with Gasteiger partial charge in [-0.25, -0.2) is 27.4 Å². The van der Waals surface area contributed by atoms with E-state index in [1.807, 2.05) is 0 Å². The number of sulfonamides is 1. The molecule has 14 nitrogen and oxygen atoms in total. The molecule has 0 bridgehead atoms. The first-order chi connectivity index (χ1) is 21.5. The summed E-state index contributed by atoms with van der Waals surface area (Å²) in [5.41, 5.74) is -0.790. The number of esters is 1. The number of benzene rings is 1. The third kappa shape index (κ3) is 12.0. The van der Waals surface area contributed by atoms with Gasteiger partial charge in [0.1, 0.15) is 35.7 Å². The van der Waals surface area contributed by atoms with Crippen molar-refractivity contribution in [2.75, 3.05) is 60.3 Å². The normalized spacial score (nSPS) is 16.3. The third-order valence-corrected chi connectivity index (χ3v) is 8.16. The lowest BCUT2D eigenvalue weighted by Crippen LogP contribution is -2.65. The van der Waals surface area contributed by atoms with Gasteiger partial charge in [-0.3, -0.25) is 4.79 Å². The van der Waals surface area contributed by atoms with Gasteiger partial charge in [0, 0.05) is 45.0 Å². The summed E-state index contributed by atoms with van der Waals surface area (Å²) in [5.74, 6) is -0.767. The van der Waals surface area contributed by atoms with Gasteiger partial charge in [0.15, 0.2) is 0 Å². The number of nitrogens with zero attached hydrogens (tertiary/aromatic N) is 3. The molecule has 17 heteroatoms. The van der Waals surface area contributed by atoms with Gasteiger partial charge in [-0.15, -0.1) is 0 Å². The summed E-state index contributed by atoms with van der Waals surface area (Å²) in [5, 5.41) is 0. The van der Waals surface area contributed by atoms with Gasteiger partial charge >= 0.3 is 17.5 Å². The predicted molar refractivity (Wildman–Crippen MR) is 165 cm³/mol. The molecule has 0 saturated carbocycles. The van der Waals surface area contributed by atoms with Crippen LogP contribution in [-0.4, -0.2) is 113 Å². The lowest BCUT2D eigenvalue weighted by Gasteiger charge is -2.44. The number of piperazine rings is 1. The number of halogens is 2. The Balaban J connectivity index is 0.00000104. The van der Waals surface area contributed by atoms with Crippen molar-refractivity contribution in [1.82, 2.24) is 14.2 Å². The van der Waals surface area contributed by atoms with Crippen LogP contribution in [0.15, 0.2) is 47.5 Å². The first-order valence-electron chi connectivity index (χ1n) is 13.8. The van der Waals surface area contributed by atoms with Crippen LogP contribution in [0.1, 0.15) is 27.7 Å². The molecule has 0 spiro atoms. The molecule has 2 aromatic rings. The quantitative estimate of drug-likeness (QED) is 0.126. The maximum absolute atomic E-state index is 13.6. The molecule has 0 radical (unpaired) electrons. The Morgan fingerprint density at radius 2 is 1.57 bits per heavy atom. The molecule has 1 amide bonds. The number of aromatic nitrogens is 1. The van der Waals surface area contributed by atoms with Gasteiger partial charge in [0.05, 0.1) is 32.1 Å². The van der Waals surface area contributed by atoms with E-state index in [2.05, 4.69) is 14.5 Å². The molecular formula is C29H41ClFN3O11S. The van der Waals surface area contributed by atoms with Crippen molar-refractivity contribution in [3.63, 3.8) is 0 Å². The molecule has 0 N–H and O–H groups in total. The predicted octanol–water partition coefficient (Wildman–Crippen LogP) is 4.46. The van der Waals surface area contributed by atoms with Crippen molar-refractivity contribution < 1.29 is 55.6 Å². The van der Waals surface area contributed by atoms with E-state index >= 15 is 0 Å². The van der Waals surface area contributed by atoms with E-state index in [1.54, 1.807) is 13.8 Å². The van der Waals surface area contributed by atoms with Crippen LogP contribution in [0.2, 0.25) is 0 Å². The van der Waals surface area contributed by atoms with Crippen LogP contribution >= 0.6 is 11.6 Å². The van der Waals surface area contributed by atoms with Crippen LogP contribution in [0, 0.1) is 5.82 Å². The Kier molecular flexibility index (Phi) is 18.1. The molecule has 1 aromatic heterocycles. The number of carbonyl (C=O) groups is 3. The lowest BCUT2D eigenvalue weighted by molar-refractivity contribution is -0.151. The van der Waals surface area contributed by atoms with Crippen molar-refractivity contribution in [2.24, 2.45) is 0 Å². The minimum absolute atomic E-state index is 0. The summed E-state index contributed by atoms with van der Waals surface area (Å²) in [6.45, 7) is 4.07. The van der Waals surface area contributed by atoms with E-state index in [0.717, 1.165) is 10.5 Å². The number of pyridine rings is 1. The Bertz CT molecular complexity index is 1330. The van der Waals surface area contributed by atoms with Crippen LogP contribution in [-0.2, 0) is 38.5 Å². The molecule has 46 heavy (non-hydrogen) atoms. The third-order valence-electron chi connectivity index (χ3n) is 6.19. The van der Waals surface area contributed by atoms with E-state index in [0.29, 0.717) is 12.4 Å². The van der Waals surface area contributed by atoms with Crippen molar-refractivity contribution in [3.8, 4) is 11.6 Å². The average molecular weight is 694 g/mol. The summed E-state index contributed by atoms with van der Waals surface area (Å²) in [4.78, 5) is 40.7. The first-order valence-corrected chi connectivity index (χ1v) is 15.6. The van der Waals surface area contributed by atoms with E-state index in [1.165, 1.54) is 55.5 Å². The van der Waals surface area contributed by atoms with Crippen molar-refractivity contribution >= 4 is 39.1 Å². The Morgan fingerprint density at radius 1 is 0.935 bits per heavy atom. The maximum Gasteiger partial charge on any atom is 0.410 e. The SMILES string of the molecule is C.CCOC(=O)[C@@H]1[C@H](CC)N(C(=O)OCCOC)CCN1S(=O)(=O)c1ccc(Oc2ccc(F)cc2)nc1.COCCOC(=O)Cl. The highest BCUT2D eigenvalue weighted by molar-refractivity contribution is 7.89. The Hall–Kier alpha value is -3.57. The van der Waals surface area contributed by atoms with Gasteiger partial charge in [0.2, 0.25) is 15.9 Å². The molecule has 1 aliphatic heterocycles. The second-order valence-electron chi connectivity index (χ2n) is 9.06. The Morgan fingerprint density at radius 3 is 2.09 bits per heavy atom. The fourth-order valence-corrected chi connectivity index (χ4v) is 5.78. The highest BCUT2D eigenvalue weighted by Crippen LogP contribution is 2.29. The smallest absolute Gasteiger partial charge is 0.410 e. The zero-order chi connectivity index (χ0) is 33.4. The van der Waals surface area contributed by atoms with E-state index in [4.69, 9.17) is 30.5 Å². The van der Waals surface area contributed by atoms with Gasteiger partial charge < -0.3 is 33.3 Å². The summed E-state index contributed by atoms with van der Waals surface area (Å²) in [6, 6.07) is 5.83. The fourth-order valence-electron chi connectivity index (χ4n) is 4.15. The number of methoxy groups -OCH3 is 2. The highest BCUT2D eigenvalue weighted by Gasteiger charge is 2.48. The maximum atomic E-state index is 13.6. The molecule has 2 heterocycles. The molecule has 0 aliphatic carbocycles. The molecule has 0 unspecified atom stereocenters. The number of hydrogen-bond donors (Lipinski definition) is 0. The Labute approximate surface area is 273 Å². The molecule has 1 fully saturated rings. The summed E-state index contributed by atoms with van der Waals surface area (Å²) in [7, 11) is -1.23. The molecule has 1 saturated heterocycles. The molecule has 2 atom stereocenters. The van der Waals surface area contributed by atoms with Gasteiger partial charge in [0.25, 0.3) is 0 Å².